The molecule has 3 aromatic rings. The molecule has 1 fully saturated rings. The van der Waals surface area contributed by atoms with Crippen molar-refractivity contribution in [2.45, 2.75) is 64.5 Å². The predicted molar refractivity (Wildman–Crippen MR) is 123 cm³/mol. The summed E-state index contributed by atoms with van der Waals surface area (Å²) in [6.45, 7) is 8.08. The number of benzene rings is 1. The second-order valence-corrected chi connectivity index (χ2v) is 12.1. The van der Waals surface area contributed by atoms with E-state index in [9.17, 15) is 21.6 Å². The molecule has 5 nitrogen and oxygen atoms in total. The van der Waals surface area contributed by atoms with E-state index in [0.717, 1.165) is 12.1 Å². The first-order valence-electron chi connectivity index (χ1n) is 11.0. The first kappa shape index (κ1) is 24.7. The van der Waals surface area contributed by atoms with Crippen LogP contribution in [0.3, 0.4) is 0 Å². The molecule has 0 unspecified atom stereocenters. The number of pyridine rings is 1. The van der Waals surface area contributed by atoms with Gasteiger partial charge in [0.25, 0.3) is 0 Å². The van der Waals surface area contributed by atoms with E-state index < -0.39 is 44.6 Å². The lowest BCUT2D eigenvalue weighted by atomic mass is 9.97. The van der Waals surface area contributed by atoms with Gasteiger partial charge in [0.05, 0.1) is 10.8 Å². The molecular formula is C24H27F4N3O2S. The molecule has 0 saturated heterocycles. The number of alkyl halides is 3. The van der Waals surface area contributed by atoms with Gasteiger partial charge in [0.1, 0.15) is 17.2 Å². The SMILES string of the molecule is C[C@@H](NS(=O)(=O)C1CC1)c1cn(CC(C)(C)C)c2nc(-c3ccccc3C(F)(F)F)c(F)cc12. The highest BCUT2D eigenvalue weighted by Gasteiger charge is 2.37. The van der Waals surface area contributed by atoms with Crippen LogP contribution in [-0.2, 0) is 22.7 Å². The van der Waals surface area contributed by atoms with Crippen LogP contribution in [0.25, 0.3) is 22.3 Å². The van der Waals surface area contributed by atoms with Crippen LogP contribution in [0.1, 0.15) is 57.7 Å². The predicted octanol–water partition coefficient (Wildman–Crippen LogP) is 6.05. The summed E-state index contributed by atoms with van der Waals surface area (Å²) in [6.07, 6.45) is -1.76. The summed E-state index contributed by atoms with van der Waals surface area (Å²) >= 11 is 0. The van der Waals surface area contributed by atoms with E-state index in [4.69, 9.17) is 0 Å². The van der Waals surface area contributed by atoms with E-state index in [-0.39, 0.29) is 11.0 Å². The van der Waals surface area contributed by atoms with E-state index in [1.165, 1.54) is 18.2 Å². The lowest BCUT2D eigenvalue weighted by molar-refractivity contribution is -0.137. The Bertz CT molecular complexity index is 1340. The van der Waals surface area contributed by atoms with Crippen molar-refractivity contribution in [1.82, 2.24) is 14.3 Å². The highest BCUT2D eigenvalue weighted by molar-refractivity contribution is 7.90. The van der Waals surface area contributed by atoms with Gasteiger partial charge in [0.15, 0.2) is 0 Å². The third-order valence-electron chi connectivity index (χ3n) is 5.74. The van der Waals surface area contributed by atoms with Gasteiger partial charge in [-0.3, -0.25) is 0 Å². The zero-order chi connectivity index (χ0) is 25.1. The molecule has 1 atom stereocenters. The van der Waals surface area contributed by atoms with Crippen molar-refractivity contribution in [3.8, 4) is 11.3 Å². The summed E-state index contributed by atoms with van der Waals surface area (Å²) in [6, 6.07) is 5.24. The van der Waals surface area contributed by atoms with Gasteiger partial charge in [-0.05, 0) is 42.9 Å². The monoisotopic (exact) mass is 497 g/mol. The smallest absolute Gasteiger partial charge is 0.332 e. The Kier molecular flexibility index (Phi) is 6.05. The van der Waals surface area contributed by atoms with Gasteiger partial charge in [-0.25, -0.2) is 22.5 Å². The van der Waals surface area contributed by atoms with Crippen LogP contribution in [0, 0.1) is 11.2 Å². The van der Waals surface area contributed by atoms with Gasteiger partial charge in [0, 0.05) is 29.7 Å². The number of nitrogens with one attached hydrogen (secondary N) is 1. The molecule has 0 bridgehead atoms. The molecule has 2 heterocycles. The van der Waals surface area contributed by atoms with E-state index in [0.29, 0.717) is 36.0 Å². The Morgan fingerprint density at radius 1 is 1.18 bits per heavy atom. The summed E-state index contributed by atoms with van der Waals surface area (Å²) < 4.78 is 85.4. The fourth-order valence-electron chi connectivity index (χ4n) is 4.10. The van der Waals surface area contributed by atoms with Crippen LogP contribution in [0.2, 0.25) is 0 Å². The van der Waals surface area contributed by atoms with Crippen LogP contribution < -0.4 is 4.72 Å². The van der Waals surface area contributed by atoms with Crippen LogP contribution in [-0.4, -0.2) is 23.2 Å². The maximum absolute atomic E-state index is 15.3. The summed E-state index contributed by atoms with van der Waals surface area (Å²) in [5.41, 5.74) is -1.12. The van der Waals surface area contributed by atoms with Crippen LogP contribution in [0.5, 0.6) is 0 Å². The maximum Gasteiger partial charge on any atom is 0.417 e. The summed E-state index contributed by atoms with van der Waals surface area (Å²) in [5, 5.41) is -0.0563. The zero-order valence-corrected chi connectivity index (χ0v) is 20.2. The molecule has 4 rings (SSSR count). The zero-order valence-electron chi connectivity index (χ0n) is 19.4. The number of hydrogen-bond donors (Lipinski definition) is 1. The first-order chi connectivity index (χ1) is 15.7. The molecule has 1 aliphatic rings. The highest BCUT2D eigenvalue weighted by atomic mass is 32.2. The third-order valence-corrected chi connectivity index (χ3v) is 7.77. The molecule has 0 radical (unpaired) electrons. The molecular weight excluding hydrogens is 470 g/mol. The maximum atomic E-state index is 15.3. The van der Waals surface area contributed by atoms with E-state index in [1.807, 2.05) is 20.8 Å². The van der Waals surface area contributed by atoms with Crippen molar-refractivity contribution in [3.63, 3.8) is 0 Å². The minimum Gasteiger partial charge on any atom is -0.332 e. The number of halogens is 4. The number of fused-ring (bicyclic) bond motifs is 1. The van der Waals surface area contributed by atoms with Gasteiger partial charge >= 0.3 is 6.18 Å². The molecule has 34 heavy (non-hydrogen) atoms. The Balaban J connectivity index is 1.89. The second-order valence-electron chi connectivity index (χ2n) is 10.1. The number of nitrogens with zero attached hydrogens (tertiary/aromatic N) is 2. The van der Waals surface area contributed by atoms with E-state index in [1.54, 1.807) is 17.7 Å². The standard InChI is InChI=1S/C24H27F4N3O2S/c1-14(30-34(32,33)15-9-10-15)18-12-31(13-23(2,3)4)22-17(18)11-20(25)21(29-22)16-7-5-6-8-19(16)24(26,27)28/h5-8,11-12,14-15,30H,9-10,13H2,1-4H3/t14-/m1/s1. The Labute approximate surface area is 196 Å². The fourth-order valence-corrected chi connectivity index (χ4v) is 5.66. The summed E-state index contributed by atoms with van der Waals surface area (Å²) in [5.74, 6) is -0.906. The second kappa shape index (κ2) is 8.34. The van der Waals surface area contributed by atoms with Crippen LogP contribution >= 0.6 is 0 Å². The lowest BCUT2D eigenvalue weighted by Crippen LogP contribution is -2.29. The molecule has 0 spiro atoms. The summed E-state index contributed by atoms with van der Waals surface area (Å²) in [4.78, 5) is 4.36. The molecule has 1 aliphatic carbocycles. The molecule has 1 aromatic carbocycles. The minimum atomic E-state index is -4.67. The van der Waals surface area contributed by atoms with Crippen molar-refractivity contribution in [2.24, 2.45) is 5.41 Å². The minimum absolute atomic E-state index is 0.222. The van der Waals surface area contributed by atoms with Crippen molar-refractivity contribution in [3.05, 3.63) is 53.5 Å². The van der Waals surface area contributed by atoms with Crippen molar-refractivity contribution >= 4 is 21.1 Å². The third kappa shape index (κ3) is 4.98. The van der Waals surface area contributed by atoms with E-state index >= 15 is 4.39 Å². The quantitative estimate of drug-likeness (QED) is 0.422. The van der Waals surface area contributed by atoms with Crippen molar-refractivity contribution in [2.75, 3.05) is 0 Å². The van der Waals surface area contributed by atoms with Gasteiger partial charge in [0.2, 0.25) is 10.0 Å². The van der Waals surface area contributed by atoms with Crippen molar-refractivity contribution < 1.29 is 26.0 Å². The molecule has 2 aromatic heterocycles. The molecule has 0 amide bonds. The van der Waals surface area contributed by atoms with Gasteiger partial charge in [-0.15, -0.1) is 0 Å². The van der Waals surface area contributed by atoms with Crippen molar-refractivity contribution in [1.29, 1.82) is 0 Å². The number of rotatable bonds is 6. The van der Waals surface area contributed by atoms with Gasteiger partial charge in [-0.2, -0.15) is 13.2 Å². The number of sulfonamides is 1. The Morgan fingerprint density at radius 2 is 1.82 bits per heavy atom. The van der Waals surface area contributed by atoms with E-state index in [2.05, 4.69) is 9.71 Å². The Hall–Kier alpha value is -2.46. The molecule has 1 N–H and O–H groups in total. The molecule has 0 aliphatic heterocycles. The Morgan fingerprint density at radius 3 is 2.41 bits per heavy atom. The molecule has 1 saturated carbocycles. The fraction of sp³-hybridized carbons (Fsp3) is 0.458. The van der Waals surface area contributed by atoms with Gasteiger partial charge in [-0.1, -0.05) is 39.0 Å². The average molecular weight is 498 g/mol. The number of aromatic nitrogens is 2. The molecule has 184 valence electrons. The molecule has 10 heteroatoms. The average Bonchev–Trinajstić information content (AvgIpc) is 3.51. The first-order valence-corrected chi connectivity index (χ1v) is 12.6. The normalized spacial score (nSPS) is 16.2. The van der Waals surface area contributed by atoms with Crippen LogP contribution in [0.15, 0.2) is 36.5 Å². The van der Waals surface area contributed by atoms with Gasteiger partial charge < -0.3 is 4.57 Å². The highest BCUT2D eigenvalue weighted by Crippen LogP contribution is 2.39. The summed E-state index contributed by atoms with van der Waals surface area (Å²) in [7, 11) is -3.51. The topological polar surface area (TPSA) is 64.0 Å². The van der Waals surface area contributed by atoms with Crippen LogP contribution in [0.4, 0.5) is 17.6 Å². The lowest BCUT2D eigenvalue weighted by Gasteiger charge is -2.20. The number of hydrogen-bond acceptors (Lipinski definition) is 3. The largest absolute Gasteiger partial charge is 0.417 e.